The Morgan fingerprint density at radius 3 is 1.24 bits per heavy atom. The number of ether oxygens (including phenoxy) is 1. The van der Waals surface area contributed by atoms with Crippen molar-refractivity contribution in [1.29, 1.82) is 0 Å². The second kappa shape index (κ2) is 50.8. The largest absolute Gasteiger partial charge is 0.462 e. The van der Waals surface area contributed by atoms with Gasteiger partial charge < -0.3 is 20.3 Å². The van der Waals surface area contributed by atoms with E-state index in [2.05, 4.69) is 74.7 Å². The van der Waals surface area contributed by atoms with Gasteiger partial charge in [-0.1, -0.05) is 243 Å². The predicted molar refractivity (Wildman–Crippen MR) is 273 cm³/mol. The van der Waals surface area contributed by atoms with Gasteiger partial charge in [0, 0.05) is 6.42 Å². The molecule has 0 spiro atoms. The molecule has 6 nitrogen and oxygen atoms in total. The minimum atomic E-state index is -0.791. The Morgan fingerprint density at radius 1 is 0.460 bits per heavy atom. The van der Waals surface area contributed by atoms with Crippen LogP contribution in [0.1, 0.15) is 278 Å². The summed E-state index contributed by atoms with van der Waals surface area (Å²) in [5.41, 5.74) is 0. The van der Waals surface area contributed by atoms with Crippen molar-refractivity contribution in [2.45, 2.75) is 296 Å². The number of aliphatic hydroxyl groups excluding tert-OH is 2. The molecule has 0 aliphatic heterocycles. The molecule has 0 bridgehead atoms. The van der Waals surface area contributed by atoms with Gasteiger partial charge in [-0.25, -0.2) is 0 Å². The zero-order chi connectivity index (χ0) is 45.9. The van der Waals surface area contributed by atoms with Crippen molar-refractivity contribution >= 4 is 11.9 Å². The summed E-state index contributed by atoms with van der Waals surface area (Å²) < 4.78 is 5.94. The lowest BCUT2D eigenvalue weighted by molar-refractivity contribution is -0.151. The summed E-state index contributed by atoms with van der Waals surface area (Å²) in [7, 11) is 0. The van der Waals surface area contributed by atoms with E-state index in [1.165, 1.54) is 154 Å². The lowest BCUT2D eigenvalue weighted by Crippen LogP contribution is -2.46. The van der Waals surface area contributed by atoms with Gasteiger partial charge in [0.15, 0.2) is 0 Å². The van der Waals surface area contributed by atoms with Crippen LogP contribution in [-0.4, -0.2) is 46.9 Å². The van der Waals surface area contributed by atoms with Crippen molar-refractivity contribution in [2.75, 3.05) is 6.61 Å². The van der Waals surface area contributed by atoms with Crippen molar-refractivity contribution in [1.82, 2.24) is 5.32 Å². The van der Waals surface area contributed by atoms with Gasteiger partial charge in [0.25, 0.3) is 0 Å². The van der Waals surface area contributed by atoms with Gasteiger partial charge in [-0.05, 0) is 70.6 Å². The number of carbonyl (C=O) groups is 2. The van der Waals surface area contributed by atoms with Gasteiger partial charge in [0.1, 0.15) is 6.10 Å². The molecular formula is C57H105NO5. The Bertz CT molecular complexity index is 1080. The third-order valence-electron chi connectivity index (χ3n) is 12.4. The quantitative estimate of drug-likeness (QED) is 0.0321. The van der Waals surface area contributed by atoms with E-state index in [0.29, 0.717) is 19.3 Å². The van der Waals surface area contributed by atoms with Gasteiger partial charge in [-0.15, -0.1) is 0 Å². The second-order valence-corrected chi connectivity index (χ2v) is 18.6. The molecule has 0 aliphatic rings. The van der Waals surface area contributed by atoms with E-state index >= 15 is 0 Å². The number of carbonyl (C=O) groups excluding carboxylic acids is 2. The predicted octanol–water partition coefficient (Wildman–Crippen LogP) is 16.6. The summed E-state index contributed by atoms with van der Waals surface area (Å²) in [6, 6.07) is -0.706. The first-order valence-corrected chi connectivity index (χ1v) is 27.4. The fourth-order valence-electron chi connectivity index (χ4n) is 8.24. The zero-order valence-electron chi connectivity index (χ0n) is 42.0. The fourth-order valence-corrected chi connectivity index (χ4v) is 8.24. The maximum atomic E-state index is 13.2. The van der Waals surface area contributed by atoms with Crippen molar-refractivity contribution in [2.24, 2.45) is 0 Å². The van der Waals surface area contributed by atoms with Crippen LogP contribution in [0.25, 0.3) is 0 Å². The number of amides is 1. The molecule has 3 atom stereocenters. The molecular weight excluding hydrogens is 779 g/mol. The number of hydrogen-bond acceptors (Lipinski definition) is 5. The highest BCUT2D eigenvalue weighted by molar-refractivity contribution is 5.77. The van der Waals surface area contributed by atoms with Crippen LogP contribution in [0, 0.1) is 0 Å². The molecule has 368 valence electrons. The highest BCUT2D eigenvalue weighted by atomic mass is 16.5. The molecule has 1 amide bonds. The van der Waals surface area contributed by atoms with Crippen LogP contribution in [0.5, 0.6) is 0 Å². The zero-order valence-corrected chi connectivity index (χ0v) is 42.0. The van der Waals surface area contributed by atoms with E-state index in [0.717, 1.165) is 77.0 Å². The Balaban J connectivity index is 4.60. The van der Waals surface area contributed by atoms with Crippen LogP contribution in [0.3, 0.4) is 0 Å². The van der Waals surface area contributed by atoms with Gasteiger partial charge in [0.05, 0.1) is 25.2 Å². The average Bonchev–Trinajstić information content (AvgIpc) is 3.28. The summed E-state index contributed by atoms with van der Waals surface area (Å²) in [4.78, 5) is 26.2. The van der Waals surface area contributed by atoms with Crippen LogP contribution in [-0.2, 0) is 14.3 Å². The molecule has 63 heavy (non-hydrogen) atoms. The SMILES string of the molecule is CCCCC/C=C\C/C=C\C/C=C\C/C=C\CCCCCC(=O)OC(CCCCCCCCCCCCCCCCC)CC(=O)NC(CO)C(O)CCCCCCCCCCCC. The van der Waals surface area contributed by atoms with Gasteiger partial charge in [-0.3, -0.25) is 9.59 Å². The number of aliphatic hydroxyl groups is 2. The molecule has 6 heteroatoms. The first kappa shape index (κ1) is 60.8. The molecule has 0 heterocycles. The molecule has 3 unspecified atom stereocenters. The first-order chi connectivity index (χ1) is 31.0. The Morgan fingerprint density at radius 2 is 0.810 bits per heavy atom. The van der Waals surface area contributed by atoms with E-state index in [1.807, 2.05) is 0 Å². The van der Waals surface area contributed by atoms with Crippen LogP contribution in [0.15, 0.2) is 48.6 Å². The summed E-state index contributed by atoms with van der Waals surface area (Å²) in [5, 5.41) is 23.7. The molecule has 3 N–H and O–H groups in total. The number of unbranched alkanes of at least 4 members (excludes halogenated alkanes) is 29. The van der Waals surface area contributed by atoms with Gasteiger partial charge >= 0.3 is 5.97 Å². The standard InChI is InChI=1S/C57H105NO5/c1-4-7-10-13-16-19-22-24-26-27-28-29-31-33-35-38-41-44-47-50-57(62)63-53(48-45-42-39-36-34-32-30-25-23-20-17-14-11-8-5-2)51-56(61)58-54(52-59)55(60)49-46-43-40-37-21-18-15-12-9-6-3/h16,19,24,26,28-29,33,35,53-55,59-60H,4-15,17-18,20-23,25,27,30-32,34,36-52H2,1-3H3,(H,58,61)/b19-16-,26-24-,29-28-,35-33-. The summed E-state index contributed by atoms with van der Waals surface area (Å²) >= 11 is 0. The van der Waals surface area contributed by atoms with E-state index in [9.17, 15) is 19.8 Å². The number of esters is 1. The highest BCUT2D eigenvalue weighted by Gasteiger charge is 2.24. The number of allylic oxidation sites excluding steroid dienone is 8. The van der Waals surface area contributed by atoms with Crippen molar-refractivity contribution in [3.8, 4) is 0 Å². The molecule has 0 rings (SSSR count). The normalized spacial score (nSPS) is 13.5. The van der Waals surface area contributed by atoms with Gasteiger partial charge in [-0.2, -0.15) is 0 Å². The van der Waals surface area contributed by atoms with E-state index in [4.69, 9.17) is 4.74 Å². The third-order valence-corrected chi connectivity index (χ3v) is 12.4. The smallest absolute Gasteiger partial charge is 0.306 e. The van der Waals surface area contributed by atoms with E-state index in [1.54, 1.807) is 0 Å². The first-order valence-electron chi connectivity index (χ1n) is 27.4. The molecule has 0 saturated heterocycles. The van der Waals surface area contributed by atoms with Crippen molar-refractivity contribution < 1.29 is 24.5 Å². The third kappa shape index (κ3) is 46.2. The van der Waals surface area contributed by atoms with E-state index < -0.39 is 18.2 Å². The number of nitrogens with one attached hydrogen (secondary N) is 1. The lowest BCUT2D eigenvalue weighted by Gasteiger charge is -2.24. The lowest BCUT2D eigenvalue weighted by atomic mass is 10.0. The van der Waals surface area contributed by atoms with Crippen LogP contribution in [0.4, 0.5) is 0 Å². The number of rotatable bonds is 49. The van der Waals surface area contributed by atoms with Gasteiger partial charge in [0.2, 0.25) is 5.91 Å². The summed E-state index contributed by atoms with van der Waals surface area (Å²) in [5.74, 6) is -0.500. The van der Waals surface area contributed by atoms with Crippen LogP contribution >= 0.6 is 0 Å². The number of hydrogen-bond donors (Lipinski definition) is 3. The topological polar surface area (TPSA) is 95.9 Å². The Kier molecular flexibility index (Phi) is 49.1. The fraction of sp³-hybridized carbons (Fsp3) is 0.825. The Hall–Kier alpha value is -2.18. The van der Waals surface area contributed by atoms with Crippen molar-refractivity contribution in [3.63, 3.8) is 0 Å². The van der Waals surface area contributed by atoms with Crippen LogP contribution in [0.2, 0.25) is 0 Å². The molecule has 0 fully saturated rings. The summed E-state index contributed by atoms with van der Waals surface area (Å²) in [6.07, 6.45) is 61.7. The molecule has 0 radical (unpaired) electrons. The molecule has 0 aliphatic carbocycles. The summed E-state index contributed by atoms with van der Waals surface area (Å²) in [6.45, 7) is 6.45. The van der Waals surface area contributed by atoms with E-state index in [-0.39, 0.29) is 24.9 Å². The van der Waals surface area contributed by atoms with Crippen LogP contribution < -0.4 is 5.32 Å². The maximum Gasteiger partial charge on any atom is 0.306 e. The average molecular weight is 884 g/mol. The Labute approximate surface area is 391 Å². The minimum absolute atomic E-state index is 0.0673. The molecule has 0 aromatic carbocycles. The molecule has 0 saturated carbocycles. The van der Waals surface area contributed by atoms with Crippen molar-refractivity contribution in [3.05, 3.63) is 48.6 Å². The molecule has 0 aromatic heterocycles. The second-order valence-electron chi connectivity index (χ2n) is 18.6. The maximum absolute atomic E-state index is 13.2. The monoisotopic (exact) mass is 884 g/mol. The minimum Gasteiger partial charge on any atom is -0.462 e. The molecule has 0 aromatic rings. The highest BCUT2D eigenvalue weighted by Crippen LogP contribution is 2.18.